The topological polar surface area (TPSA) is 62.7 Å². The Bertz CT molecular complexity index is 993. The molecule has 2 aromatic heterocycles. The van der Waals surface area contributed by atoms with E-state index < -0.39 is 0 Å². The number of para-hydroxylation sites is 1. The van der Waals surface area contributed by atoms with Crippen LogP contribution in [0.5, 0.6) is 0 Å². The van der Waals surface area contributed by atoms with Crippen LogP contribution in [0.3, 0.4) is 0 Å². The van der Waals surface area contributed by atoms with Gasteiger partial charge in [0, 0.05) is 55.7 Å². The number of nitrogens with two attached hydrogens (primary N) is 1. The highest BCUT2D eigenvalue weighted by Crippen LogP contribution is 2.42. The van der Waals surface area contributed by atoms with Crippen molar-refractivity contribution in [2.24, 2.45) is 11.1 Å². The number of hydrogen-bond acceptors (Lipinski definition) is 5. The molecule has 2 aliphatic heterocycles. The van der Waals surface area contributed by atoms with Crippen LogP contribution in [0.4, 0.5) is 11.6 Å². The van der Waals surface area contributed by atoms with Gasteiger partial charge in [-0.05, 0) is 54.5 Å². The number of piperidine rings is 1. The van der Waals surface area contributed by atoms with E-state index in [2.05, 4.69) is 79.0 Å². The van der Waals surface area contributed by atoms with Crippen molar-refractivity contribution < 1.29 is 0 Å². The molecule has 0 aliphatic carbocycles. The molecule has 1 aromatic carbocycles. The Kier molecular flexibility index (Phi) is 4.46. The number of halogens is 1. The van der Waals surface area contributed by atoms with Crippen molar-refractivity contribution in [2.45, 2.75) is 25.8 Å². The number of fused-ring (bicyclic) bond motifs is 1. The minimum Gasteiger partial charge on any atom is -0.369 e. The molecule has 0 saturated carbocycles. The second-order valence-corrected chi connectivity index (χ2v) is 9.18. The van der Waals surface area contributed by atoms with Crippen LogP contribution < -0.4 is 15.5 Å². The second kappa shape index (κ2) is 6.88. The van der Waals surface area contributed by atoms with Crippen LogP contribution in [0.25, 0.3) is 5.65 Å². The van der Waals surface area contributed by atoms with Crippen molar-refractivity contribution >= 4 is 39.9 Å². The van der Waals surface area contributed by atoms with E-state index >= 15 is 0 Å². The first-order chi connectivity index (χ1) is 13.6. The summed E-state index contributed by atoms with van der Waals surface area (Å²) in [5, 5.41) is 0. The SMILES string of the molecule is Cc1nc(N2CCC3(CC2)CN(c2ccccc2)C[C@H]3N)n2ccnc2c1I. The predicted octanol–water partition coefficient (Wildman–Crippen LogP) is 3.08. The second-order valence-electron chi connectivity index (χ2n) is 8.10. The Morgan fingerprint density at radius 3 is 2.64 bits per heavy atom. The van der Waals surface area contributed by atoms with Crippen LogP contribution in [0, 0.1) is 15.9 Å². The summed E-state index contributed by atoms with van der Waals surface area (Å²) in [6.07, 6.45) is 6.07. The van der Waals surface area contributed by atoms with Gasteiger partial charge in [-0.15, -0.1) is 0 Å². The van der Waals surface area contributed by atoms with Crippen LogP contribution in [0.2, 0.25) is 0 Å². The van der Waals surface area contributed by atoms with Gasteiger partial charge in [0.15, 0.2) is 5.65 Å². The molecular formula is C21H25IN6. The molecule has 5 rings (SSSR count). The van der Waals surface area contributed by atoms with E-state index in [1.807, 2.05) is 12.4 Å². The number of aromatic nitrogens is 3. The highest BCUT2D eigenvalue weighted by molar-refractivity contribution is 14.1. The zero-order chi connectivity index (χ0) is 19.3. The van der Waals surface area contributed by atoms with Gasteiger partial charge >= 0.3 is 0 Å². The Morgan fingerprint density at radius 1 is 1.14 bits per heavy atom. The molecule has 28 heavy (non-hydrogen) atoms. The molecule has 0 radical (unpaired) electrons. The fourth-order valence-corrected chi connectivity index (χ4v) is 5.29. The molecule has 1 spiro atoms. The Morgan fingerprint density at radius 2 is 1.89 bits per heavy atom. The number of nitrogens with zero attached hydrogens (tertiary/aromatic N) is 5. The molecular weight excluding hydrogens is 463 g/mol. The molecule has 146 valence electrons. The van der Waals surface area contributed by atoms with Gasteiger partial charge in [-0.25, -0.2) is 9.97 Å². The number of rotatable bonds is 2. The lowest BCUT2D eigenvalue weighted by molar-refractivity contribution is 0.219. The lowest BCUT2D eigenvalue weighted by Crippen LogP contribution is -2.49. The Balaban J connectivity index is 1.37. The maximum atomic E-state index is 6.68. The van der Waals surface area contributed by atoms with E-state index in [9.17, 15) is 0 Å². The maximum absolute atomic E-state index is 6.68. The van der Waals surface area contributed by atoms with Crippen molar-refractivity contribution in [3.05, 3.63) is 52.0 Å². The summed E-state index contributed by atoms with van der Waals surface area (Å²) in [7, 11) is 0. The van der Waals surface area contributed by atoms with Crippen molar-refractivity contribution in [1.29, 1.82) is 0 Å². The standard InChI is InChI=1S/C21H25IN6/c1-15-18(22)19-24-9-12-28(19)20(25-15)26-10-7-21(8-11-26)14-27(13-17(21)23)16-5-3-2-4-6-16/h2-6,9,12,17H,7-8,10-11,13-14,23H2,1H3/t17-/m1/s1. The van der Waals surface area contributed by atoms with Gasteiger partial charge in [0.05, 0.1) is 9.26 Å². The van der Waals surface area contributed by atoms with Crippen molar-refractivity contribution in [3.63, 3.8) is 0 Å². The Hall–Kier alpha value is -1.87. The third kappa shape index (κ3) is 2.86. The molecule has 4 heterocycles. The van der Waals surface area contributed by atoms with Gasteiger partial charge in [0.25, 0.3) is 0 Å². The number of aryl methyl sites for hydroxylation is 1. The smallest absolute Gasteiger partial charge is 0.211 e. The number of imidazole rings is 1. The van der Waals surface area contributed by atoms with Crippen LogP contribution in [0.15, 0.2) is 42.7 Å². The molecule has 0 bridgehead atoms. The fourth-order valence-electron chi connectivity index (χ4n) is 4.77. The quantitative estimate of drug-likeness (QED) is 0.562. The molecule has 2 fully saturated rings. The highest BCUT2D eigenvalue weighted by Gasteiger charge is 2.46. The van der Waals surface area contributed by atoms with Gasteiger partial charge in [0.1, 0.15) is 0 Å². The number of benzene rings is 1. The minimum absolute atomic E-state index is 0.193. The summed E-state index contributed by atoms with van der Waals surface area (Å²) >= 11 is 2.34. The van der Waals surface area contributed by atoms with E-state index in [4.69, 9.17) is 10.7 Å². The average Bonchev–Trinajstić information content (AvgIpc) is 3.32. The number of anilines is 2. The average molecular weight is 488 g/mol. The monoisotopic (exact) mass is 488 g/mol. The normalized spacial score (nSPS) is 21.8. The molecule has 3 aromatic rings. The third-order valence-electron chi connectivity index (χ3n) is 6.51. The van der Waals surface area contributed by atoms with Crippen LogP contribution in [0.1, 0.15) is 18.5 Å². The molecule has 7 heteroatoms. The zero-order valence-electron chi connectivity index (χ0n) is 16.1. The van der Waals surface area contributed by atoms with Gasteiger partial charge < -0.3 is 15.5 Å². The van der Waals surface area contributed by atoms with Crippen LogP contribution in [-0.2, 0) is 0 Å². The van der Waals surface area contributed by atoms with Crippen molar-refractivity contribution in [2.75, 3.05) is 36.0 Å². The van der Waals surface area contributed by atoms with Crippen molar-refractivity contribution in [1.82, 2.24) is 14.4 Å². The zero-order valence-corrected chi connectivity index (χ0v) is 18.2. The summed E-state index contributed by atoms with van der Waals surface area (Å²) in [6, 6.07) is 10.9. The molecule has 2 N–H and O–H groups in total. The first-order valence-electron chi connectivity index (χ1n) is 9.87. The van der Waals surface area contributed by atoms with Gasteiger partial charge in [-0.2, -0.15) is 0 Å². The third-order valence-corrected chi connectivity index (χ3v) is 7.77. The van der Waals surface area contributed by atoms with E-state index in [1.165, 1.54) is 5.69 Å². The van der Waals surface area contributed by atoms with Crippen molar-refractivity contribution in [3.8, 4) is 0 Å². The minimum atomic E-state index is 0.193. The summed E-state index contributed by atoms with van der Waals surface area (Å²) in [5.74, 6) is 1.01. The van der Waals surface area contributed by atoms with E-state index in [1.54, 1.807) is 0 Å². The molecule has 2 aliphatic rings. The van der Waals surface area contributed by atoms with E-state index in [0.717, 1.165) is 59.9 Å². The largest absolute Gasteiger partial charge is 0.369 e. The lowest BCUT2D eigenvalue weighted by Gasteiger charge is -2.42. The van der Waals surface area contributed by atoms with Gasteiger partial charge in [-0.1, -0.05) is 18.2 Å². The lowest BCUT2D eigenvalue weighted by atomic mass is 9.75. The van der Waals surface area contributed by atoms with Gasteiger partial charge in [-0.3, -0.25) is 4.40 Å². The maximum Gasteiger partial charge on any atom is 0.211 e. The fraction of sp³-hybridized carbons (Fsp3) is 0.429. The van der Waals surface area contributed by atoms with E-state index in [0.29, 0.717) is 0 Å². The molecule has 0 amide bonds. The molecule has 0 unspecified atom stereocenters. The predicted molar refractivity (Wildman–Crippen MR) is 121 cm³/mol. The van der Waals surface area contributed by atoms with Gasteiger partial charge in [0.2, 0.25) is 5.95 Å². The molecule has 6 nitrogen and oxygen atoms in total. The Labute approximate surface area is 178 Å². The summed E-state index contributed by atoms with van der Waals surface area (Å²) in [6.45, 7) is 6.02. The van der Waals surface area contributed by atoms with Crippen LogP contribution in [-0.4, -0.2) is 46.6 Å². The summed E-state index contributed by atoms with van der Waals surface area (Å²) < 4.78 is 3.24. The van der Waals surface area contributed by atoms with Crippen LogP contribution >= 0.6 is 22.6 Å². The summed E-state index contributed by atoms with van der Waals surface area (Å²) in [4.78, 5) is 14.3. The highest BCUT2D eigenvalue weighted by atomic mass is 127. The van der Waals surface area contributed by atoms with E-state index in [-0.39, 0.29) is 11.5 Å². The summed E-state index contributed by atoms with van der Waals surface area (Å²) in [5.41, 5.74) is 10.2. The first-order valence-corrected chi connectivity index (χ1v) is 10.9. The molecule has 2 saturated heterocycles. The first kappa shape index (κ1) is 18.2. The number of hydrogen-bond donors (Lipinski definition) is 1. The molecule has 1 atom stereocenters.